The minimum atomic E-state index is -2.44. The molecule has 12 heavy (non-hydrogen) atoms. The largest absolute Gasteiger partial charge is 0.304 e. The zero-order chi connectivity index (χ0) is 8.60. The number of halogens is 2. The molecule has 1 saturated carbocycles. The molecule has 0 bridgehead atoms. The molecular weight excluding hydrogens is 180 g/mol. The van der Waals surface area contributed by atoms with Gasteiger partial charge in [0, 0.05) is 24.0 Å². The molecule has 1 saturated heterocycles. The standard InChI is InChI=1S/C8H13F2NS/c9-8(10)3-1-2-7(8)11-6-4-12-5-6/h6-7,11H,1-5H2. The molecule has 1 aliphatic heterocycles. The lowest BCUT2D eigenvalue weighted by molar-refractivity contribution is -0.0200. The Morgan fingerprint density at radius 3 is 2.50 bits per heavy atom. The van der Waals surface area contributed by atoms with Gasteiger partial charge in [-0.2, -0.15) is 11.8 Å². The highest BCUT2D eigenvalue weighted by Crippen LogP contribution is 2.36. The second-order valence-corrected chi connectivity index (χ2v) is 4.68. The first-order valence-electron chi connectivity index (χ1n) is 4.40. The molecule has 2 aliphatic rings. The summed E-state index contributed by atoms with van der Waals surface area (Å²) >= 11 is 1.82. The van der Waals surface area contributed by atoms with Gasteiger partial charge in [-0.05, 0) is 12.8 Å². The van der Waals surface area contributed by atoms with Crippen LogP contribution in [0, 0.1) is 0 Å². The van der Waals surface area contributed by atoms with Crippen molar-refractivity contribution in [2.24, 2.45) is 0 Å². The number of alkyl halides is 2. The molecule has 0 aromatic carbocycles. The molecule has 1 atom stereocenters. The van der Waals surface area contributed by atoms with Crippen LogP contribution in [0.25, 0.3) is 0 Å². The minimum absolute atomic E-state index is 0.0739. The fraction of sp³-hybridized carbons (Fsp3) is 1.00. The number of hydrogen-bond donors (Lipinski definition) is 1. The Balaban J connectivity index is 1.85. The van der Waals surface area contributed by atoms with Gasteiger partial charge in [-0.1, -0.05) is 0 Å². The van der Waals surface area contributed by atoms with Gasteiger partial charge >= 0.3 is 0 Å². The van der Waals surface area contributed by atoms with E-state index in [1.54, 1.807) is 0 Å². The quantitative estimate of drug-likeness (QED) is 0.718. The van der Waals surface area contributed by atoms with Gasteiger partial charge in [0.1, 0.15) is 0 Å². The maximum atomic E-state index is 13.1. The Morgan fingerprint density at radius 2 is 2.08 bits per heavy atom. The van der Waals surface area contributed by atoms with E-state index in [1.807, 2.05) is 11.8 Å². The molecule has 0 aromatic rings. The summed E-state index contributed by atoms with van der Waals surface area (Å²) in [5, 5.41) is 3.03. The first-order valence-corrected chi connectivity index (χ1v) is 5.55. The summed E-state index contributed by atoms with van der Waals surface area (Å²) < 4.78 is 26.1. The second kappa shape index (κ2) is 3.14. The zero-order valence-corrected chi connectivity index (χ0v) is 7.67. The lowest BCUT2D eigenvalue weighted by Gasteiger charge is -2.31. The average molecular weight is 193 g/mol. The van der Waals surface area contributed by atoms with Crippen molar-refractivity contribution < 1.29 is 8.78 Å². The molecule has 2 fully saturated rings. The van der Waals surface area contributed by atoms with E-state index in [2.05, 4.69) is 5.32 Å². The molecule has 0 amide bonds. The van der Waals surface area contributed by atoms with Crippen LogP contribution in [0.1, 0.15) is 19.3 Å². The SMILES string of the molecule is FC1(F)CCCC1NC1CSC1. The van der Waals surface area contributed by atoms with Crippen LogP contribution in [0.3, 0.4) is 0 Å². The van der Waals surface area contributed by atoms with Gasteiger partial charge in [0.15, 0.2) is 0 Å². The van der Waals surface area contributed by atoms with E-state index in [0.29, 0.717) is 18.9 Å². The maximum Gasteiger partial charge on any atom is 0.263 e. The second-order valence-electron chi connectivity index (χ2n) is 3.61. The van der Waals surface area contributed by atoms with Crippen molar-refractivity contribution in [3.8, 4) is 0 Å². The minimum Gasteiger partial charge on any atom is -0.304 e. The van der Waals surface area contributed by atoms with Gasteiger partial charge in [0.25, 0.3) is 5.92 Å². The molecule has 1 nitrogen and oxygen atoms in total. The van der Waals surface area contributed by atoms with Crippen molar-refractivity contribution in [2.75, 3.05) is 11.5 Å². The van der Waals surface area contributed by atoms with Crippen LogP contribution in [-0.4, -0.2) is 29.5 Å². The summed E-state index contributed by atoms with van der Waals surface area (Å²) in [6.07, 6.45) is 1.39. The van der Waals surface area contributed by atoms with E-state index in [9.17, 15) is 8.78 Å². The first kappa shape index (κ1) is 8.75. The highest BCUT2D eigenvalue weighted by molar-refractivity contribution is 8.00. The van der Waals surface area contributed by atoms with Crippen LogP contribution in [0.2, 0.25) is 0 Å². The summed E-state index contributed by atoms with van der Waals surface area (Å²) in [6.45, 7) is 0. The van der Waals surface area contributed by atoms with E-state index in [-0.39, 0.29) is 6.42 Å². The van der Waals surface area contributed by atoms with Gasteiger partial charge in [0.05, 0.1) is 6.04 Å². The van der Waals surface area contributed by atoms with Crippen LogP contribution in [0.4, 0.5) is 8.78 Å². The van der Waals surface area contributed by atoms with Crippen molar-refractivity contribution in [1.29, 1.82) is 0 Å². The maximum absolute atomic E-state index is 13.1. The smallest absolute Gasteiger partial charge is 0.263 e. The third-order valence-electron chi connectivity index (χ3n) is 2.59. The van der Waals surface area contributed by atoms with Gasteiger partial charge < -0.3 is 5.32 Å². The van der Waals surface area contributed by atoms with E-state index < -0.39 is 12.0 Å². The fourth-order valence-corrected chi connectivity index (χ4v) is 2.41. The average Bonchev–Trinajstić information content (AvgIpc) is 2.21. The summed E-state index contributed by atoms with van der Waals surface area (Å²) in [6, 6.07) is -0.188. The number of nitrogens with one attached hydrogen (secondary N) is 1. The first-order chi connectivity index (χ1) is 5.68. The van der Waals surface area contributed by atoms with Crippen molar-refractivity contribution in [2.45, 2.75) is 37.3 Å². The predicted octanol–water partition coefficient (Wildman–Crippen LogP) is 1.88. The molecule has 70 valence electrons. The van der Waals surface area contributed by atoms with Gasteiger partial charge in [0.2, 0.25) is 0 Å². The highest BCUT2D eigenvalue weighted by Gasteiger charge is 2.44. The number of hydrogen-bond acceptors (Lipinski definition) is 2. The lowest BCUT2D eigenvalue weighted by Crippen LogP contribution is -2.51. The van der Waals surface area contributed by atoms with Crippen molar-refractivity contribution in [1.82, 2.24) is 5.32 Å². The predicted molar refractivity (Wildman–Crippen MR) is 46.8 cm³/mol. The van der Waals surface area contributed by atoms with Gasteiger partial charge in [-0.3, -0.25) is 0 Å². The zero-order valence-electron chi connectivity index (χ0n) is 6.85. The fourth-order valence-electron chi connectivity index (χ4n) is 1.75. The van der Waals surface area contributed by atoms with Crippen LogP contribution in [0.5, 0.6) is 0 Å². The third kappa shape index (κ3) is 1.59. The monoisotopic (exact) mass is 193 g/mol. The van der Waals surface area contributed by atoms with Crippen molar-refractivity contribution in [3.05, 3.63) is 0 Å². The molecule has 4 heteroatoms. The molecule has 1 unspecified atom stereocenters. The lowest BCUT2D eigenvalue weighted by atomic mass is 10.2. The Bertz CT molecular complexity index is 170. The van der Waals surface area contributed by atoms with Crippen LogP contribution >= 0.6 is 11.8 Å². The summed E-state index contributed by atoms with van der Waals surface area (Å²) in [5.74, 6) is -0.431. The van der Waals surface area contributed by atoms with E-state index in [1.165, 1.54) is 0 Å². The normalized spacial score (nSPS) is 35.0. The van der Waals surface area contributed by atoms with Gasteiger partial charge in [-0.25, -0.2) is 8.78 Å². The molecule has 1 heterocycles. The summed E-state index contributed by atoms with van der Waals surface area (Å²) in [7, 11) is 0. The molecule has 1 N–H and O–H groups in total. The number of rotatable bonds is 2. The topological polar surface area (TPSA) is 12.0 Å². The van der Waals surface area contributed by atoms with Crippen LogP contribution in [0.15, 0.2) is 0 Å². The molecule has 0 aromatic heterocycles. The Labute approximate surface area is 75.3 Å². The molecule has 2 rings (SSSR count). The van der Waals surface area contributed by atoms with Crippen LogP contribution in [-0.2, 0) is 0 Å². The summed E-state index contributed by atoms with van der Waals surface area (Å²) in [5.41, 5.74) is 0. The molecule has 0 radical (unpaired) electrons. The summed E-state index contributed by atoms with van der Waals surface area (Å²) in [4.78, 5) is 0. The Morgan fingerprint density at radius 1 is 1.33 bits per heavy atom. The van der Waals surface area contributed by atoms with Crippen LogP contribution < -0.4 is 5.32 Å². The highest BCUT2D eigenvalue weighted by atomic mass is 32.2. The Kier molecular flexibility index (Phi) is 2.29. The third-order valence-corrected chi connectivity index (χ3v) is 3.86. The molecule has 0 spiro atoms. The number of thioether (sulfide) groups is 1. The van der Waals surface area contributed by atoms with Crippen molar-refractivity contribution in [3.63, 3.8) is 0 Å². The van der Waals surface area contributed by atoms with Crippen molar-refractivity contribution >= 4 is 11.8 Å². The van der Waals surface area contributed by atoms with Gasteiger partial charge in [-0.15, -0.1) is 0 Å². The van der Waals surface area contributed by atoms with E-state index in [4.69, 9.17) is 0 Å². The van der Waals surface area contributed by atoms with E-state index in [0.717, 1.165) is 11.5 Å². The van der Waals surface area contributed by atoms with E-state index >= 15 is 0 Å². The molecule has 1 aliphatic carbocycles. The molecular formula is C8H13F2NS. The Hall–Kier alpha value is 0.170.